The van der Waals surface area contributed by atoms with Crippen molar-refractivity contribution >= 4 is 48.8 Å². The summed E-state index contributed by atoms with van der Waals surface area (Å²) < 4.78 is 40.8. The van der Waals surface area contributed by atoms with E-state index in [9.17, 15) is 13.2 Å². The number of sulfonamides is 1. The number of rotatable bonds is 12. The molecule has 4 aromatic carbocycles. The fourth-order valence-electron chi connectivity index (χ4n) is 4.42. The van der Waals surface area contributed by atoms with Gasteiger partial charge >= 0.3 is 0 Å². The fourth-order valence-corrected chi connectivity index (χ4v) is 6.21. The Morgan fingerprint density at radius 3 is 2.45 bits per heavy atom. The van der Waals surface area contributed by atoms with Gasteiger partial charge in [-0.15, -0.1) is 0 Å². The van der Waals surface area contributed by atoms with Crippen LogP contribution in [0.25, 0.3) is 10.8 Å². The summed E-state index contributed by atoms with van der Waals surface area (Å²) in [5, 5.41) is 6.33. The molecule has 0 saturated carbocycles. The van der Waals surface area contributed by atoms with Gasteiger partial charge in [-0.1, -0.05) is 74.0 Å². The molecule has 0 saturated heterocycles. The van der Waals surface area contributed by atoms with Gasteiger partial charge in [-0.3, -0.25) is 4.79 Å². The van der Waals surface area contributed by atoms with E-state index in [1.165, 1.54) is 18.3 Å². The molecular weight excluding hydrogens is 618 g/mol. The van der Waals surface area contributed by atoms with Crippen LogP contribution in [-0.4, -0.2) is 33.7 Å². The molecule has 10 heteroatoms. The molecule has 2 N–H and O–H groups in total. The summed E-state index contributed by atoms with van der Waals surface area (Å²) >= 11 is 3.56. The topological polar surface area (TPSA) is 106 Å². The summed E-state index contributed by atoms with van der Waals surface area (Å²) in [6, 6.07) is 23.2. The molecule has 0 heterocycles. The molecule has 0 unspecified atom stereocenters. The maximum atomic E-state index is 13.0. The molecule has 0 aliphatic rings. The van der Waals surface area contributed by atoms with Gasteiger partial charge < -0.3 is 9.47 Å². The number of carbonyl (C=O) groups excluding carboxylic acids is 1. The number of nitrogens with one attached hydrogen (secondary N) is 2. The number of benzene rings is 4. The quantitative estimate of drug-likeness (QED) is 0.137. The van der Waals surface area contributed by atoms with Gasteiger partial charge in [-0.25, -0.2) is 13.8 Å². The third-order valence-electron chi connectivity index (χ3n) is 6.54. The van der Waals surface area contributed by atoms with E-state index < -0.39 is 22.0 Å². The third kappa shape index (κ3) is 7.96. The number of nitrogens with zero attached hydrogens (tertiary/aromatic N) is 1. The van der Waals surface area contributed by atoms with E-state index in [0.717, 1.165) is 21.9 Å². The number of halogens is 1. The minimum Gasteiger partial charge on any atom is -0.493 e. The molecule has 0 aliphatic carbocycles. The molecule has 1 amide bonds. The van der Waals surface area contributed by atoms with Crippen molar-refractivity contribution in [2.75, 3.05) is 7.11 Å². The molecule has 1 atom stereocenters. The molecule has 0 spiro atoms. The predicted molar refractivity (Wildman–Crippen MR) is 169 cm³/mol. The molecule has 0 aliphatic heterocycles. The molecule has 0 fully saturated rings. The molecule has 4 rings (SSSR count). The Balaban J connectivity index is 1.45. The van der Waals surface area contributed by atoms with Gasteiger partial charge in [-0.05, 0) is 81.4 Å². The molecular formula is C32H34BrN3O5S. The van der Waals surface area contributed by atoms with Gasteiger partial charge in [-0.2, -0.15) is 9.82 Å². The first-order chi connectivity index (χ1) is 20.1. The molecule has 0 bridgehead atoms. The molecule has 8 nitrogen and oxygen atoms in total. The van der Waals surface area contributed by atoms with Crippen LogP contribution in [0.2, 0.25) is 0 Å². The van der Waals surface area contributed by atoms with Gasteiger partial charge in [0.2, 0.25) is 10.0 Å². The number of hydrogen-bond acceptors (Lipinski definition) is 6. The maximum absolute atomic E-state index is 13.0. The van der Waals surface area contributed by atoms with Crippen molar-refractivity contribution in [2.45, 2.75) is 44.7 Å². The average molecular weight is 653 g/mol. The standard InChI is InChI=1S/C32H34BrN3O5S/c1-21(2)16-29(36-42(38,39)26-14-12-22(3)13-15-26)32(37)35-34-19-23-17-28(33)31(30(18-23)40-4)41-20-25-10-7-9-24-8-5-6-11-27(24)25/h5-15,17-19,21,29,36H,16,20H2,1-4H3,(H,35,37)/b34-19-/t29-/m0/s1. The number of ether oxygens (including phenoxy) is 2. The first-order valence-electron chi connectivity index (χ1n) is 13.5. The van der Waals surface area contributed by atoms with Crippen LogP contribution in [0, 0.1) is 12.8 Å². The number of fused-ring (bicyclic) bond motifs is 1. The summed E-state index contributed by atoms with van der Waals surface area (Å²) in [7, 11) is -2.35. The van der Waals surface area contributed by atoms with Gasteiger partial charge in [0.05, 0.1) is 22.7 Å². The van der Waals surface area contributed by atoms with Crippen LogP contribution in [0.4, 0.5) is 0 Å². The minimum absolute atomic E-state index is 0.0621. The summed E-state index contributed by atoms with van der Waals surface area (Å²) in [5.41, 5.74) is 5.09. The Hall–Kier alpha value is -3.73. The van der Waals surface area contributed by atoms with Crippen LogP contribution in [0.5, 0.6) is 11.5 Å². The monoisotopic (exact) mass is 651 g/mol. The molecule has 42 heavy (non-hydrogen) atoms. The molecule has 0 radical (unpaired) electrons. The highest BCUT2D eigenvalue weighted by Gasteiger charge is 2.26. The third-order valence-corrected chi connectivity index (χ3v) is 8.62. The van der Waals surface area contributed by atoms with Crippen molar-refractivity contribution in [2.24, 2.45) is 11.0 Å². The van der Waals surface area contributed by atoms with E-state index in [-0.39, 0.29) is 10.8 Å². The van der Waals surface area contributed by atoms with Crippen molar-refractivity contribution in [3.8, 4) is 11.5 Å². The number of amides is 1. The lowest BCUT2D eigenvalue weighted by atomic mass is 10.0. The lowest BCUT2D eigenvalue weighted by Gasteiger charge is -2.19. The van der Waals surface area contributed by atoms with Crippen molar-refractivity contribution in [1.82, 2.24) is 10.1 Å². The van der Waals surface area contributed by atoms with E-state index in [1.807, 2.05) is 45.0 Å². The van der Waals surface area contributed by atoms with Crippen molar-refractivity contribution in [3.63, 3.8) is 0 Å². The minimum atomic E-state index is -3.90. The van der Waals surface area contributed by atoms with Crippen LogP contribution >= 0.6 is 15.9 Å². The van der Waals surface area contributed by atoms with Crippen molar-refractivity contribution in [1.29, 1.82) is 0 Å². The Bertz CT molecular complexity index is 1680. The van der Waals surface area contributed by atoms with Crippen LogP contribution in [0.1, 0.15) is 37.0 Å². The fraction of sp³-hybridized carbons (Fsp3) is 0.250. The van der Waals surface area contributed by atoms with Gasteiger partial charge in [0.25, 0.3) is 5.91 Å². The first kappa shape index (κ1) is 31.2. The predicted octanol–water partition coefficient (Wildman–Crippen LogP) is 6.34. The summed E-state index contributed by atoms with van der Waals surface area (Å²) in [4.78, 5) is 13.1. The maximum Gasteiger partial charge on any atom is 0.258 e. The zero-order valence-corrected chi connectivity index (χ0v) is 26.3. The Kier molecular flexibility index (Phi) is 10.4. The number of hydrazone groups is 1. The lowest BCUT2D eigenvalue weighted by Crippen LogP contribution is -2.46. The molecule has 220 valence electrons. The van der Waals surface area contributed by atoms with Gasteiger partial charge in [0, 0.05) is 0 Å². The van der Waals surface area contributed by atoms with E-state index in [4.69, 9.17) is 9.47 Å². The lowest BCUT2D eigenvalue weighted by molar-refractivity contribution is -0.123. The highest BCUT2D eigenvalue weighted by Crippen LogP contribution is 2.37. The van der Waals surface area contributed by atoms with Crippen molar-refractivity contribution < 1.29 is 22.7 Å². The zero-order chi connectivity index (χ0) is 30.3. The van der Waals surface area contributed by atoms with Crippen LogP contribution < -0.4 is 19.6 Å². The summed E-state index contributed by atoms with van der Waals surface area (Å²) in [6.45, 7) is 6.04. The second-order valence-electron chi connectivity index (χ2n) is 10.3. The Labute approximate surface area is 255 Å². The highest BCUT2D eigenvalue weighted by molar-refractivity contribution is 9.10. The number of hydrogen-bond donors (Lipinski definition) is 2. The van der Waals surface area contributed by atoms with E-state index in [2.05, 4.69) is 49.4 Å². The number of aryl methyl sites for hydroxylation is 1. The second-order valence-corrected chi connectivity index (χ2v) is 12.9. The SMILES string of the molecule is COc1cc(/C=N\NC(=O)[C@H](CC(C)C)NS(=O)(=O)c2ccc(C)cc2)cc(Br)c1OCc1cccc2ccccc12. The van der Waals surface area contributed by atoms with Crippen molar-refractivity contribution in [3.05, 3.63) is 100 Å². The van der Waals surface area contributed by atoms with E-state index in [1.54, 1.807) is 31.4 Å². The van der Waals surface area contributed by atoms with Gasteiger partial charge in [0.15, 0.2) is 11.5 Å². The number of carbonyl (C=O) groups is 1. The first-order valence-corrected chi connectivity index (χ1v) is 15.7. The second kappa shape index (κ2) is 14.0. The average Bonchev–Trinajstić information content (AvgIpc) is 2.95. The van der Waals surface area contributed by atoms with Gasteiger partial charge in [0.1, 0.15) is 12.6 Å². The largest absolute Gasteiger partial charge is 0.493 e. The zero-order valence-electron chi connectivity index (χ0n) is 23.9. The highest BCUT2D eigenvalue weighted by atomic mass is 79.9. The Morgan fingerprint density at radius 2 is 1.74 bits per heavy atom. The normalized spacial score (nSPS) is 12.5. The summed E-state index contributed by atoms with van der Waals surface area (Å²) in [5.74, 6) is 0.527. The van der Waals surface area contributed by atoms with Crippen LogP contribution in [0.15, 0.2) is 93.3 Å². The van der Waals surface area contributed by atoms with E-state index >= 15 is 0 Å². The smallest absolute Gasteiger partial charge is 0.258 e. The molecule has 0 aromatic heterocycles. The number of methoxy groups -OCH3 is 1. The summed E-state index contributed by atoms with van der Waals surface area (Å²) in [6.07, 6.45) is 1.76. The Morgan fingerprint density at radius 1 is 1.02 bits per heavy atom. The molecule has 4 aromatic rings. The van der Waals surface area contributed by atoms with Crippen LogP contribution in [-0.2, 0) is 21.4 Å². The van der Waals surface area contributed by atoms with E-state index in [0.29, 0.717) is 34.6 Å². The van der Waals surface area contributed by atoms with Crippen LogP contribution in [0.3, 0.4) is 0 Å².